The third-order valence-corrected chi connectivity index (χ3v) is 3.44. The molecular weight excluding hydrogens is 242 g/mol. The van der Waals surface area contributed by atoms with Crippen LogP contribution in [0, 0.1) is 0 Å². The summed E-state index contributed by atoms with van der Waals surface area (Å²) in [5.41, 5.74) is 0. The van der Waals surface area contributed by atoms with E-state index in [1.807, 2.05) is 18.3 Å². The normalized spacial score (nSPS) is 10.4. The maximum atomic E-state index is 5.75. The molecule has 3 nitrogen and oxygen atoms in total. The fraction of sp³-hybridized carbons (Fsp3) is 0.273. The third-order valence-electron chi connectivity index (χ3n) is 2.08. The number of nitrogens with zero attached hydrogens (tertiary/aromatic N) is 2. The van der Waals surface area contributed by atoms with Crippen LogP contribution in [-0.4, -0.2) is 9.97 Å². The molecule has 0 aromatic carbocycles. The second kappa shape index (κ2) is 5.27. The highest BCUT2D eigenvalue weighted by atomic mass is 35.5. The Labute approximate surface area is 104 Å². The van der Waals surface area contributed by atoms with Crippen molar-refractivity contribution >= 4 is 28.8 Å². The molecule has 2 rings (SSSR count). The van der Waals surface area contributed by atoms with E-state index in [-0.39, 0.29) is 0 Å². The molecule has 0 radical (unpaired) electrons. The molecule has 0 atom stereocenters. The van der Waals surface area contributed by atoms with Crippen molar-refractivity contribution < 1.29 is 0 Å². The lowest BCUT2D eigenvalue weighted by molar-refractivity contribution is 1.08. The Balaban J connectivity index is 1.94. The van der Waals surface area contributed by atoms with Crippen LogP contribution in [0.4, 0.5) is 5.82 Å². The van der Waals surface area contributed by atoms with E-state index in [4.69, 9.17) is 11.6 Å². The van der Waals surface area contributed by atoms with Crippen LogP contribution in [0.15, 0.2) is 24.5 Å². The van der Waals surface area contributed by atoms with Crippen molar-refractivity contribution in [3.63, 3.8) is 0 Å². The number of halogens is 1. The van der Waals surface area contributed by atoms with Crippen LogP contribution < -0.4 is 5.32 Å². The zero-order chi connectivity index (χ0) is 11.4. The second-order valence-corrected chi connectivity index (χ2v) is 4.93. The minimum Gasteiger partial charge on any atom is -0.365 e. The van der Waals surface area contributed by atoms with E-state index in [0.29, 0.717) is 5.02 Å². The number of hydrogen-bond acceptors (Lipinski definition) is 4. The number of hydrogen-bond donors (Lipinski definition) is 1. The van der Waals surface area contributed by atoms with Crippen LogP contribution in [0.25, 0.3) is 0 Å². The summed E-state index contributed by atoms with van der Waals surface area (Å²) in [6, 6.07) is 3.69. The number of thiazole rings is 1. The summed E-state index contributed by atoms with van der Waals surface area (Å²) in [4.78, 5) is 9.68. The Morgan fingerprint density at radius 3 is 2.81 bits per heavy atom. The van der Waals surface area contributed by atoms with Crippen molar-refractivity contribution in [1.82, 2.24) is 9.97 Å². The highest BCUT2D eigenvalue weighted by Gasteiger charge is 2.00. The topological polar surface area (TPSA) is 37.8 Å². The molecule has 0 unspecified atom stereocenters. The van der Waals surface area contributed by atoms with Gasteiger partial charge < -0.3 is 5.32 Å². The van der Waals surface area contributed by atoms with E-state index in [9.17, 15) is 0 Å². The van der Waals surface area contributed by atoms with E-state index in [1.54, 1.807) is 17.5 Å². The number of pyridine rings is 1. The van der Waals surface area contributed by atoms with Gasteiger partial charge in [0.1, 0.15) is 5.82 Å². The zero-order valence-electron chi connectivity index (χ0n) is 8.90. The summed E-state index contributed by atoms with van der Waals surface area (Å²) in [6.07, 6.45) is 4.53. The molecule has 2 aromatic rings. The number of aromatic nitrogens is 2. The molecule has 16 heavy (non-hydrogen) atoms. The first-order chi connectivity index (χ1) is 7.78. The molecule has 0 aliphatic heterocycles. The van der Waals surface area contributed by atoms with Crippen molar-refractivity contribution in [2.24, 2.45) is 0 Å². The molecule has 0 aliphatic carbocycles. The number of anilines is 1. The standard InChI is InChI=1S/C11H12ClN3S/c1-2-11-15-7-9(16-11)6-14-10-4-3-8(12)5-13-10/h3-5,7H,2,6H2,1H3,(H,13,14). The van der Waals surface area contributed by atoms with Gasteiger partial charge >= 0.3 is 0 Å². The minimum absolute atomic E-state index is 0.650. The van der Waals surface area contributed by atoms with Gasteiger partial charge in [0, 0.05) is 17.3 Å². The van der Waals surface area contributed by atoms with Crippen LogP contribution in [0.1, 0.15) is 16.8 Å². The van der Waals surface area contributed by atoms with E-state index >= 15 is 0 Å². The molecule has 0 fully saturated rings. The van der Waals surface area contributed by atoms with Gasteiger partial charge in [-0.05, 0) is 18.6 Å². The van der Waals surface area contributed by atoms with Gasteiger partial charge in [0.25, 0.3) is 0 Å². The zero-order valence-corrected chi connectivity index (χ0v) is 10.5. The SMILES string of the molecule is CCc1ncc(CNc2ccc(Cl)cn2)s1. The molecule has 5 heteroatoms. The van der Waals surface area contributed by atoms with Gasteiger partial charge in [-0.25, -0.2) is 9.97 Å². The lowest BCUT2D eigenvalue weighted by atomic mass is 10.4. The lowest BCUT2D eigenvalue weighted by Gasteiger charge is -2.02. The summed E-state index contributed by atoms with van der Waals surface area (Å²) >= 11 is 7.48. The van der Waals surface area contributed by atoms with Crippen LogP contribution in [0.3, 0.4) is 0 Å². The molecular formula is C11H12ClN3S. The van der Waals surface area contributed by atoms with Crippen molar-refractivity contribution in [1.29, 1.82) is 0 Å². The quantitative estimate of drug-likeness (QED) is 0.908. The molecule has 84 valence electrons. The van der Waals surface area contributed by atoms with Gasteiger partial charge in [-0.3, -0.25) is 0 Å². The molecule has 0 spiro atoms. The fourth-order valence-electron chi connectivity index (χ4n) is 1.25. The van der Waals surface area contributed by atoms with Gasteiger partial charge in [-0.1, -0.05) is 18.5 Å². The van der Waals surface area contributed by atoms with E-state index in [1.165, 1.54) is 9.88 Å². The molecule has 2 aromatic heterocycles. The Kier molecular flexibility index (Phi) is 3.74. The third kappa shape index (κ3) is 2.93. The lowest BCUT2D eigenvalue weighted by Crippen LogP contribution is -1.98. The Morgan fingerprint density at radius 2 is 2.19 bits per heavy atom. The smallest absolute Gasteiger partial charge is 0.126 e. The minimum atomic E-state index is 0.650. The van der Waals surface area contributed by atoms with E-state index in [0.717, 1.165) is 18.8 Å². The van der Waals surface area contributed by atoms with E-state index < -0.39 is 0 Å². The molecule has 0 saturated heterocycles. The number of nitrogens with one attached hydrogen (secondary N) is 1. The van der Waals surface area contributed by atoms with Gasteiger partial charge in [-0.15, -0.1) is 11.3 Å². The molecule has 1 N–H and O–H groups in total. The van der Waals surface area contributed by atoms with Gasteiger partial charge in [0.2, 0.25) is 0 Å². The Bertz CT molecular complexity index is 453. The fourth-order valence-corrected chi connectivity index (χ4v) is 2.17. The summed E-state index contributed by atoms with van der Waals surface area (Å²) in [6.45, 7) is 2.86. The Morgan fingerprint density at radius 1 is 1.31 bits per heavy atom. The van der Waals surface area contributed by atoms with Crippen molar-refractivity contribution in [2.75, 3.05) is 5.32 Å². The number of rotatable bonds is 4. The average Bonchev–Trinajstić information content (AvgIpc) is 2.76. The molecule has 0 amide bonds. The summed E-state index contributed by atoms with van der Waals surface area (Å²) in [5.74, 6) is 0.829. The van der Waals surface area contributed by atoms with Crippen molar-refractivity contribution in [3.8, 4) is 0 Å². The first kappa shape index (κ1) is 11.4. The predicted octanol–water partition coefficient (Wildman–Crippen LogP) is 3.37. The first-order valence-corrected chi connectivity index (χ1v) is 6.26. The predicted molar refractivity (Wildman–Crippen MR) is 68.1 cm³/mol. The average molecular weight is 254 g/mol. The largest absolute Gasteiger partial charge is 0.365 e. The maximum absolute atomic E-state index is 5.75. The maximum Gasteiger partial charge on any atom is 0.126 e. The summed E-state index contributed by atoms with van der Waals surface area (Å²) in [5, 5.41) is 5.04. The number of aryl methyl sites for hydroxylation is 1. The monoisotopic (exact) mass is 253 g/mol. The molecule has 0 bridgehead atoms. The highest BCUT2D eigenvalue weighted by Crippen LogP contribution is 2.15. The summed E-state index contributed by atoms with van der Waals surface area (Å²) in [7, 11) is 0. The van der Waals surface area contributed by atoms with Crippen LogP contribution >= 0.6 is 22.9 Å². The summed E-state index contributed by atoms with van der Waals surface area (Å²) < 4.78 is 0. The van der Waals surface area contributed by atoms with Gasteiger partial charge in [0.15, 0.2) is 0 Å². The second-order valence-electron chi connectivity index (χ2n) is 3.29. The van der Waals surface area contributed by atoms with Crippen LogP contribution in [0.5, 0.6) is 0 Å². The van der Waals surface area contributed by atoms with Gasteiger partial charge in [0.05, 0.1) is 16.6 Å². The molecule has 0 saturated carbocycles. The van der Waals surface area contributed by atoms with Crippen molar-refractivity contribution in [2.45, 2.75) is 19.9 Å². The van der Waals surface area contributed by atoms with Gasteiger partial charge in [-0.2, -0.15) is 0 Å². The Hall–Kier alpha value is -1.13. The van der Waals surface area contributed by atoms with E-state index in [2.05, 4.69) is 22.2 Å². The van der Waals surface area contributed by atoms with Crippen LogP contribution in [-0.2, 0) is 13.0 Å². The first-order valence-electron chi connectivity index (χ1n) is 5.07. The molecule has 2 heterocycles. The van der Waals surface area contributed by atoms with Crippen LogP contribution in [0.2, 0.25) is 5.02 Å². The van der Waals surface area contributed by atoms with Crippen molar-refractivity contribution in [3.05, 3.63) is 39.4 Å². The molecule has 0 aliphatic rings. The highest BCUT2D eigenvalue weighted by molar-refractivity contribution is 7.11.